The van der Waals surface area contributed by atoms with Crippen LogP contribution in [0.4, 0.5) is 18.9 Å². The Labute approximate surface area is 80.7 Å². The Bertz CT molecular complexity index is 348. The first kappa shape index (κ1) is 10.9. The monoisotopic (exact) mass is 203 g/mol. The lowest BCUT2D eigenvalue weighted by Crippen LogP contribution is -2.07. The third-order valence-electron chi connectivity index (χ3n) is 1.93. The van der Waals surface area contributed by atoms with E-state index in [9.17, 15) is 13.2 Å². The lowest BCUT2D eigenvalue weighted by atomic mass is 10.0. The molecule has 4 heteroatoms. The average Bonchev–Trinajstić information content (AvgIpc) is 2.09. The van der Waals surface area contributed by atoms with E-state index in [2.05, 4.69) is 0 Å². The third-order valence-corrected chi connectivity index (χ3v) is 1.93. The molecule has 2 N–H and O–H groups in total. The maximum atomic E-state index is 13.2. The molecule has 1 nitrogen and oxygen atoms in total. The standard InChI is InChI=1S/C10H12F3N/c1-5(2)3-6-7(11)4-8(12)9(13)10(6)14/h4-5H,3,14H2,1-2H3. The quantitative estimate of drug-likeness (QED) is 0.580. The predicted octanol–water partition coefficient (Wildman–Crippen LogP) is 2.88. The zero-order valence-electron chi connectivity index (χ0n) is 8.07. The third kappa shape index (κ3) is 2.00. The minimum absolute atomic E-state index is 0.0545. The van der Waals surface area contributed by atoms with Crippen LogP contribution in [-0.4, -0.2) is 0 Å². The summed E-state index contributed by atoms with van der Waals surface area (Å²) in [7, 11) is 0. The van der Waals surface area contributed by atoms with Gasteiger partial charge in [0, 0.05) is 11.6 Å². The van der Waals surface area contributed by atoms with Crippen molar-refractivity contribution in [1.82, 2.24) is 0 Å². The smallest absolute Gasteiger partial charge is 0.182 e. The van der Waals surface area contributed by atoms with E-state index in [-0.39, 0.29) is 11.5 Å². The van der Waals surface area contributed by atoms with Crippen molar-refractivity contribution in [2.75, 3.05) is 5.73 Å². The lowest BCUT2D eigenvalue weighted by molar-refractivity contribution is 0.489. The molecule has 0 aliphatic rings. The van der Waals surface area contributed by atoms with Crippen LogP contribution in [0.2, 0.25) is 0 Å². The summed E-state index contributed by atoms with van der Waals surface area (Å²) < 4.78 is 38.8. The predicted molar refractivity (Wildman–Crippen MR) is 49.3 cm³/mol. The topological polar surface area (TPSA) is 26.0 Å². The number of halogens is 3. The first-order valence-corrected chi connectivity index (χ1v) is 4.35. The van der Waals surface area contributed by atoms with Gasteiger partial charge in [0.25, 0.3) is 0 Å². The molecule has 1 aromatic rings. The molecule has 1 aromatic carbocycles. The van der Waals surface area contributed by atoms with Gasteiger partial charge in [0.15, 0.2) is 11.6 Å². The second kappa shape index (κ2) is 3.90. The Morgan fingerprint density at radius 3 is 2.29 bits per heavy atom. The number of hydrogen-bond acceptors (Lipinski definition) is 1. The highest BCUT2D eigenvalue weighted by Gasteiger charge is 2.16. The van der Waals surface area contributed by atoms with Crippen LogP contribution in [0.3, 0.4) is 0 Å². The zero-order chi connectivity index (χ0) is 10.9. The molecule has 0 radical (unpaired) electrons. The Balaban J connectivity index is 3.22. The SMILES string of the molecule is CC(C)Cc1c(F)cc(F)c(F)c1N. The van der Waals surface area contributed by atoms with Crippen LogP contribution in [0.25, 0.3) is 0 Å². The Morgan fingerprint density at radius 1 is 1.21 bits per heavy atom. The molecule has 0 amide bonds. The summed E-state index contributed by atoms with van der Waals surface area (Å²) in [6.07, 6.45) is 0.300. The van der Waals surface area contributed by atoms with Crippen molar-refractivity contribution in [1.29, 1.82) is 0 Å². The van der Waals surface area contributed by atoms with E-state index in [1.165, 1.54) is 0 Å². The minimum Gasteiger partial charge on any atom is -0.396 e. The summed E-state index contributed by atoms with van der Waals surface area (Å²) in [4.78, 5) is 0. The van der Waals surface area contributed by atoms with E-state index < -0.39 is 23.1 Å². The van der Waals surface area contributed by atoms with Gasteiger partial charge < -0.3 is 5.73 Å². The summed E-state index contributed by atoms with van der Waals surface area (Å²) in [5.41, 5.74) is 4.91. The van der Waals surface area contributed by atoms with E-state index in [1.807, 2.05) is 13.8 Å². The van der Waals surface area contributed by atoms with Gasteiger partial charge in [0.1, 0.15) is 5.82 Å². The van der Waals surface area contributed by atoms with Crippen LogP contribution in [0, 0.1) is 23.4 Å². The highest BCUT2D eigenvalue weighted by Crippen LogP contribution is 2.24. The van der Waals surface area contributed by atoms with Gasteiger partial charge in [-0.05, 0) is 12.3 Å². The molecule has 0 spiro atoms. The summed E-state index contributed by atoms with van der Waals surface area (Å²) in [5, 5.41) is 0. The highest BCUT2D eigenvalue weighted by atomic mass is 19.2. The molecule has 1 rings (SSSR count). The molecule has 0 heterocycles. The summed E-state index contributed by atoms with van der Waals surface area (Å²) in [5.74, 6) is -3.05. The van der Waals surface area contributed by atoms with Gasteiger partial charge in [-0.2, -0.15) is 0 Å². The Morgan fingerprint density at radius 2 is 1.79 bits per heavy atom. The van der Waals surface area contributed by atoms with Gasteiger partial charge in [-0.25, -0.2) is 13.2 Å². The van der Waals surface area contributed by atoms with Crippen molar-refractivity contribution in [2.45, 2.75) is 20.3 Å². The average molecular weight is 203 g/mol. The highest BCUT2D eigenvalue weighted by molar-refractivity contribution is 5.49. The normalized spacial score (nSPS) is 11.0. The number of nitrogen functional groups attached to an aromatic ring is 1. The number of benzene rings is 1. The summed E-state index contributed by atoms with van der Waals surface area (Å²) >= 11 is 0. The van der Waals surface area contributed by atoms with E-state index in [4.69, 9.17) is 5.73 Å². The van der Waals surface area contributed by atoms with Gasteiger partial charge in [-0.15, -0.1) is 0 Å². The molecule has 0 aliphatic heterocycles. The van der Waals surface area contributed by atoms with E-state index in [1.54, 1.807) is 0 Å². The number of hydrogen-bond donors (Lipinski definition) is 1. The van der Waals surface area contributed by atoms with Crippen molar-refractivity contribution < 1.29 is 13.2 Å². The van der Waals surface area contributed by atoms with E-state index >= 15 is 0 Å². The van der Waals surface area contributed by atoms with Crippen molar-refractivity contribution in [3.8, 4) is 0 Å². The van der Waals surface area contributed by atoms with Gasteiger partial charge >= 0.3 is 0 Å². The van der Waals surface area contributed by atoms with Crippen LogP contribution in [0.5, 0.6) is 0 Å². The van der Waals surface area contributed by atoms with Gasteiger partial charge in [-0.1, -0.05) is 13.8 Å². The molecule has 0 unspecified atom stereocenters. The van der Waals surface area contributed by atoms with Gasteiger partial charge in [-0.3, -0.25) is 0 Å². The molecule has 78 valence electrons. The van der Waals surface area contributed by atoms with Crippen molar-refractivity contribution >= 4 is 5.69 Å². The Kier molecular flexibility index (Phi) is 3.03. The second-order valence-corrected chi connectivity index (χ2v) is 3.64. The fourth-order valence-corrected chi connectivity index (χ4v) is 1.27. The van der Waals surface area contributed by atoms with Crippen LogP contribution in [0.15, 0.2) is 6.07 Å². The van der Waals surface area contributed by atoms with Crippen LogP contribution >= 0.6 is 0 Å². The first-order valence-electron chi connectivity index (χ1n) is 4.35. The first-order chi connectivity index (χ1) is 6.43. The maximum Gasteiger partial charge on any atom is 0.182 e. The minimum atomic E-state index is -1.24. The number of rotatable bonds is 2. The van der Waals surface area contributed by atoms with Crippen molar-refractivity contribution in [3.63, 3.8) is 0 Å². The summed E-state index contributed by atoms with van der Waals surface area (Å²) in [6, 6.07) is 0.531. The molecule has 0 saturated heterocycles. The molecule has 0 bridgehead atoms. The molecule has 0 fully saturated rings. The summed E-state index contributed by atoms with van der Waals surface area (Å²) in [6.45, 7) is 3.69. The number of nitrogens with two attached hydrogens (primary N) is 1. The fraction of sp³-hybridized carbons (Fsp3) is 0.400. The molecular formula is C10H12F3N. The van der Waals surface area contributed by atoms with Crippen LogP contribution in [0.1, 0.15) is 19.4 Å². The molecule has 0 aromatic heterocycles. The molecule has 0 atom stereocenters. The van der Waals surface area contributed by atoms with Crippen LogP contribution < -0.4 is 5.73 Å². The lowest BCUT2D eigenvalue weighted by Gasteiger charge is -2.10. The van der Waals surface area contributed by atoms with Crippen molar-refractivity contribution in [2.24, 2.45) is 5.92 Å². The molecular weight excluding hydrogens is 191 g/mol. The van der Waals surface area contributed by atoms with Crippen LogP contribution in [-0.2, 0) is 6.42 Å². The molecule has 14 heavy (non-hydrogen) atoms. The Hall–Kier alpha value is -1.19. The largest absolute Gasteiger partial charge is 0.396 e. The van der Waals surface area contributed by atoms with E-state index in [0.717, 1.165) is 0 Å². The molecule has 0 saturated carbocycles. The fourth-order valence-electron chi connectivity index (χ4n) is 1.27. The molecule has 0 aliphatic carbocycles. The number of anilines is 1. The van der Waals surface area contributed by atoms with Gasteiger partial charge in [0.2, 0.25) is 0 Å². The van der Waals surface area contributed by atoms with Gasteiger partial charge in [0.05, 0.1) is 5.69 Å². The maximum absolute atomic E-state index is 13.2. The second-order valence-electron chi connectivity index (χ2n) is 3.64. The van der Waals surface area contributed by atoms with Crippen molar-refractivity contribution in [3.05, 3.63) is 29.1 Å². The van der Waals surface area contributed by atoms with E-state index in [0.29, 0.717) is 12.5 Å². The zero-order valence-corrected chi connectivity index (χ0v) is 8.07.